The van der Waals surface area contributed by atoms with Crippen molar-refractivity contribution in [2.45, 2.75) is 50.2 Å². The predicted molar refractivity (Wildman–Crippen MR) is 132 cm³/mol. The minimum atomic E-state index is -3.85. The number of nitrogens with one attached hydrogen (secondary N) is 1. The van der Waals surface area contributed by atoms with Gasteiger partial charge in [0, 0.05) is 25.8 Å². The highest BCUT2D eigenvalue weighted by Gasteiger charge is 2.44. The second kappa shape index (κ2) is 10.3. The van der Waals surface area contributed by atoms with E-state index in [-0.39, 0.29) is 18.5 Å². The number of rotatable bonds is 8. The van der Waals surface area contributed by atoms with Crippen LogP contribution in [-0.2, 0) is 30.8 Å². The number of ether oxygens (including phenoxy) is 1. The fraction of sp³-hybridized carbons (Fsp3) is 0.400. The smallest absolute Gasteiger partial charge is 0.264 e. The van der Waals surface area contributed by atoms with Crippen LogP contribution in [0.15, 0.2) is 59.7 Å². The van der Waals surface area contributed by atoms with Gasteiger partial charge in [-0.3, -0.25) is 14.2 Å². The van der Waals surface area contributed by atoms with Crippen LogP contribution >= 0.6 is 0 Å². The molecule has 0 radical (unpaired) electrons. The number of benzene rings is 2. The molecule has 2 aromatic carbocycles. The molecule has 4 rings (SSSR count). The predicted octanol–water partition coefficient (Wildman–Crippen LogP) is 2.83. The molecule has 35 heavy (non-hydrogen) atoms. The van der Waals surface area contributed by atoms with Crippen LogP contribution in [0.5, 0.6) is 0 Å². The monoisotopic (exact) mass is 499 g/mol. The van der Waals surface area contributed by atoms with Gasteiger partial charge in [-0.1, -0.05) is 36.4 Å². The largest absolute Gasteiger partial charge is 0.350 e. The maximum absolute atomic E-state index is 13.1. The number of hydrogen-bond acceptors (Lipinski definition) is 7. The SMILES string of the molecule is C[C@@](CCn1cnc2cc(-c3ccccc3)ccc2c1=O)(C(=O)NOC1CCCCO1)S(C)(=O)=O. The summed E-state index contributed by atoms with van der Waals surface area (Å²) in [7, 11) is -3.85. The fourth-order valence-corrected chi connectivity index (χ4v) is 4.80. The van der Waals surface area contributed by atoms with Crippen LogP contribution in [0.4, 0.5) is 0 Å². The molecule has 1 unspecified atom stereocenters. The number of carbonyl (C=O) groups excluding carboxylic acids is 1. The summed E-state index contributed by atoms with van der Waals surface area (Å²) in [5.74, 6) is -0.802. The quantitative estimate of drug-likeness (QED) is 0.474. The minimum absolute atomic E-state index is 0.0148. The van der Waals surface area contributed by atoms with Gasteiger partial charge in [-0.2, -0.15) is 0 Å². The highest BCUT2D eigenvalue weighted by molar-refractivity contribution is 7.92. The second-order valence-corrected chi connectivity index (χ2v) is 11.4. The maximum atomic E-state index is 13.1. The molecule has 0 bridgehead atoms. The van der Waals surface area contributed by atoms with Gasteiger partial charge in [0.2, 0.25) is 0 Å². The summed E-state index contributed by atoms with van der Waals surface area (Å²) in [6, 6.07) is 15.2. The first kappa shape index (κ1) is 25.0. The zero-order chi connectivity index (χ0) is 25.1. The van der Waals surface area contributed by atoms with Crippen molar-refractivity contribution in [1.82, 2.24) is 15.0 Å². The van der Waals surface area contributed by atoms with Crippen molar-refractivity contribution in [2.75, 3.05) is 12.9 Å². The molecule has 186 valence electrons. The Labute approximate surface area is 204 Å². The van der Waals surface area contributed by atoms with E-state index in [1.807, 2.05) is 42.5 Å². The third kappa shape index (κ3) is 5.44. The zero-order valence-electron chi connectivity index (χ0n) is 19.8. The number of aromatic nitrogens is 2. The third-order valence-electron chi connectivity index (χ3n) is 6.48. The van der Waals surface area contributed by atoms with Gasteiger partial charge >= 0.3 is 0 Å². The number of sulfone groups is 1. The maximum Gasteiger partial charge on any atom is 0.264 e. The van der Waals surface area contributed by atoms with E-state index < -0.39 is 26.8 Å². The standard InChI is InChI=1S/C25H29N3O6S/c1-25(35(2,31)32,24(30)27-34-22-10-6-7-15-33-22)13-14-28-17-26-21-16-19(11-12-20(21)23(28)29)18-8-4-3-5-9-18/h3-5,8-9,11-12,16-17,22H,6-7,10,13-15H2,1-2H3,(H,27,30)/t22?,25-/m1/s1. The summed E-state index contributed by atoms with van der Waals surface area (Å²) in [5.41, 5.74) is 4.43. The Morgan fingerprint density at radius 1 is 1.20 bits per heavy atom. The van der Waals surface area contributed by atoms with Gasteiger partial charge in [0.15, 0.2) is 20.9 Å². The van der Waals surface area contributed by atoms with Crippen molar-refractivity contribution in [3.63, 3.8) is 0 Å². The van der Waals surface area contributed by atoms with Crippen LogP contribution in [0.1, 0.15) is 32.6 Å². The van der Waals surface area contributed by atoms with E-state index in [0.717, 1.165) is 30.2 Å². The average Bonchev–Trinajstić information content (AvgIpc) is 2.87. The number of nitrogens with zero attached hydrogens (tertiary/aromatic N) is 2. The summed E-state index contributed by atoms with van der Waals surface area (Å²) in [4.78, 5) is 35.7. The number of hydroxylamine groups is 1. The van der Waals surface area contributed by atoms with Gasteiger partial charge in [0.1, 0.15) is 0 Å². The molecule has 2 atom stereocenters. The summed E-state index contributed by atoms with van der Waals surface area (Å²) >= 11 is 0. The molecule has 1 aromatic heterocycles. The summed E-state index contributed by atoms with van der Waals surface area (Å²) < 4.78 is 30.1. The van der Waals surface area contributed by atoms with Crippen LogP contribution in [0.3, 0.4) is 0 Å². The van der Waals surface area contributed by atoms with Crippen molar-refractivity contribution < 1.29 is 22.8 Å². The normalized spacial score (nSPS) is 18.2. The van der Waals surface area contributed by atoms with Gasteiger partial charge in [0.25, 0.3) is 11.5 Å². The van der Waals surface area contributed by atoms with E-state index in [1.54, 1.807) is 6.07 Å². The lowest BCUT2D eigenvalue weighted by molar-refractivity contribution is -0.201. The van der Waals surface area contributed by atoms with Gasteiger partial charge in [-0.05, 0) is 49.4 Å². The topological polar surface area (TPSA) is 117 Å². The van der Waals surface area contributed by atoms with E-state index in [0.29, 0.717) is 23.9 Å². The molecule has 0 spiro atoms. The summed E-state index contributed by atoms with van der Waals surface area (Å²) in [6.07, 6.45) is 4.06. The molecule has 1 N–H and O–H groups in total. The van der Waals surface area contributed by atoms with E-state index in [2.05, 4.69) is 10.5 Å². The Morgan fingerprint density at radius 3 is 2.66 bits per heavy atom. The molecule has 1 aliphatic heterocycles. The van der Waals surface area contributed by atoms with Crippen molar-refractivity contribution in [2.24, 2.45) is 0 Å². The third-order valence-corrected chi connectivity index (χ3v) is 8.51. The van der Waals surface area contributed by atoms with E-state index >= 15 is 0 Å². The number of fused-ring (bicyclic) bond motifs is 1. The van der Waals surface area contributed by atoms with Gasteiger partial charge in [-0.25, -0.2) is 23.7 Å². The Morgan fingerprint density at radius 2 is 1.97 bits per heavy atom. The van der Waals surface area contributed by atoms with Gasteiger partial charge in [0.05, 0.1) is 17.2 Å². The molecule has 2 heterocycles. The Bertz CT molecular complexity index is 1370. The van der Waals surface area contributed by atoms with Crippen molar-refractivity contribution >= 4 is 26.6 Å². The highest BCUT2D eigenvalue weighted by Crippen LogP contribution is 2.24. The first-order chi connectivity index (χ1) is 16.7. The molecular weight excluding hydrogens is 470 g/mol. The summed E-state index contributed by atoms with van der Waals surface area (Å²) in [5, 5.41) is 0.412. The van der Waals surface area contributed by atoms with Gasteiger partial charge in [-0.15, -0.1) is 0 Å². The van der Waals surface area contributed by atoms with E-state index in [1.165, 1.54) is 17.8 Å². The molecular formula is C25H29N3O6S. The van der Waals surface area contributed by atoms with Crippen LogP contribution in [0, 0.1) is 0 Å². The molecule has 3 aromatic rings. The molecule has 1 amide bonds. The Kier molecular flexibility index (Phi) is 7.34. The fourth-order valence-electron chi connectivity index (χ4n) is 3.96. The number of hydrogen-bond donors (Lipinski definition) is 1. The highest BCUT2D eigenvalue weighted by atomic mass is 32.2. The van der Waals surface area contributed by atoms with Gasteiger partial charge < -0.3 is 4.74 Å². The molecule has 1 saturated heterocycles. The number of carbonyl (C=O) groups is 1. The van der Waals surface area contributed by atoms with Crippen molar-refractivity contribution in [3.05, 3.63) is 65.2 Å². The first-order valence-corrected chi connectivity index (χ1v) is 13.4. The molecule has 9 nitrogen and oxygen atoms in total. The first-order valence-electron chi connectivity index (χ1n) is 11.5. The van der Waals surface area contributed by atoms with Crippen LogP contribution in [-0.4, -0.2) is 47.8 Å². The number of aryl methyl sites for hydroxylation is 1. The van der Waals surface area contributed by atoms with E-state index in [4.69, 9.17) is 9.57 Å². The average molecular weight is 500 g/mol. The molecule has 0 saturated carbocycles. The molecule has 10 heteroatoms. The lowest BCUT2D eigenvalue weighted by Gasteiger charge is -2.28. The van der Waals surface area contributed by atoms with E-state index in [9.17, 15) is 18.0 Å². The molecule has 1 fully saturated rings. The van der Waals surface area contributed by atoms with Crippen LogP contribution in [0.25, 0.3) is 22.0 Å². The second-order valence-electron chi connectivity index (χ2n) is 8.94. The Hall–Kier alpha value is -3.08. The lowest BCUT2D eigenvalue weighted by Crippen LogP contribution is -2.51. The lowest BCUT2D eigenvalue weighted by atomic mass is 10.0. The molecule has 1 aliphatic rings. The molecule has 0 aliphatic carbocycles. The zero-order valence-corrected chi connectivity index (χ0v) is 20.6. The van der Waals surface area contributed by atoms with Crippen LogP contribution in [0.2, 0.25) is 0 Å². The Balaban J connectivity index is 1.52. The van der Waals surface area contributed by atoms with Crippen LogP contribution < -0.4 is 11.0 Å². The number of amides is 1. The van der Waals surface area contributed by atoms with Crippen molar-refractivity contribution in [1.29, 1.82) is 0 Å². The summed E-state index contributed by atoms with van der Waals surface area (Å²) in [6.45, 7) is 1.84. The minimum Gasteiger partial charge on any atom is -0.350 e. The van der Waals surface area contributed by atoms with Crippen molar-refractivity contribution in [3.8, 4) is 11.1 Å².